The first kappa shape index (κ1) is 8.53. The van der Waals surface area contributed by atoms with Crippen molar-refractivity contribution in [1.29, 1.82) is 0 Å². The molecule has 1 fully saturated rings. The van der Waals surface area contributed by atoms with Crippen LogP contribution in [0, 0.1) is 0 Å². The van der Waals surface area contributed by atoms with Gasteiger partial charge in [0.1, 0.15) is 0 Å². The molecule has 0 aromatic carbocycles. The predicted molar refractivity (Wildman–Crippen MR) is 44.3 cm³/mol. The van der Waals surface area contributed by atoms with Gasteiger partial charge in [-0.25, -0.2) is 0 Å². The molecule has 64 valence electrons. The SMILES string of the molecule is CC(=O)NC1CC(C)N(C)C1. The lowest BCUT2D eigenvalue weighted by Crippen LogP contribution is -2.34. The molecule has 1 amide bonds. The number of carbonyl (C=O) groups excluding carboxylic acids is 1. The van der Waals surface area contributed by atoms with Gasteiger partial charge in [-0.2, -0.15) is 0 Å². The Kier molecular flexibility index (Phi) is 2.49. The van der Waals surface area contributed by atoms with Gasteiger partial charge in [-0.05, 0) is 20.4 Å². The minimum atomic E-state index is 0.0810. The van der Waals surface area contributed by atoms with E-state index in [1.165, 1.54) is 0 Å². The quantitative estimate of drug-likeness (QED) is 0.589. The summed E-state index contributed by atoms with van der Waals surface area (Å²) in [5.74, 6) is 0.0810. The van der Waals surface area contributed by atoms with Gasteiger partial charge in [0.05, 0.1) is 0 Å². The lowest BCUT2D eigenvalue weighted by molar-refractivity contribution is -0.119. The van der Waals surface area contributed by atoms with E-state index in [4.69, 9.17) is 0 Å². The average molecular weight is 156 g/mol. The Hall–Kier alpha value is -0.570. The zero-order chi connectivity index (χ0) is 8.43. The summed E-state index contributed by atoms with van der Waals surface area (Å²) >= 11 is 0. The van der Waals surface area contributed by atoms with Crippen molar-refractivity contribution in [2.45, 2.75) is 32.4 Å². The van der Waals surface area contributed by atoms with Gasteiger partial charge >= 0.3 is 0 Å². The van der Waals surface area contributed by atoms with Gasteiger partial charge in [0.2, 0.25) is 5.91 Å². The van der Waals surface area contributed by atoms with Gasteiger partial charge in [0, 0.05) is 25.6 Å². The second-order valence-corrected chi connectivity index (χ2v) is 3.42. The molecule has 0 spiro atoms. The van der Waals surface area contributed by atoms with Crippen molar-refractivity contribution < 1.29 is 4.79 Å². The Morgan fingerprint density at radius 2 is 2.27 bits per heavy atom. The van der Waals surface area contributed by atoms with Crippen LogP contribution in [0.3, 0.4) is 0 Å². The zero-order valence-electron chi connectivity index (χ0n) is 7.42. The van der Waals surface area contributed by atoms with E-state index >= 15 is 0 Å². The fourth-order valence-electron chi connectivity index (χ4n) is 1.59. The van der Waals surface area contributed by atoms with Crippen LogP contribution in [0.25, 0.3) is 0 Å². The monoisotopic (exact) mass is 156 g/mol. The summed E-state index contributed by atoms with van der Waals surface area (Å²) in [6.45, 7) is 4.74. The molecule has 0 saturated carbocycles. The zero-order valence-corrected chi connectivity index (χ0v) is 7.42. The molecule has 1 heterocycles. The van der Waals surface area contributed by atoms with Crippen molar-refractivity contribution >= 4 is 5.91 Å². The standard InChI is InChI=1S/C8H16N2O/c1-6-4-8(5-10(6)3)9-7(2)11/h6,8H,4-5H2,1-3H3,(H,9,11). The van der Waals surface area contributed by atoms with E-state index in [0.29, 0.717) is 12.1 Å². The molecule has 0 aromatic heterocycles. The van der Waals surface area contributed by atoms with Crippen LogP contribution in [-0.4, -0.2) is 36.5 Å². The first-order valence-electron chi connectivity index (χ1n) is 4.07. The Balaban J connectivity index is 2.35. The maximum absolute atomic E-state index is 10.7. The summed E-state index contributed by atoms with van der Waals surface area (Å²) in [4.78, 5) is 12.9. The number of likely N-dealkylation sites (tertiary alicyclic amines) is 1. The summed E-state index contributed by atoms with van der Waals surface area (Å²) in [5, 5.41) is 2.92. The number of amides is 1. The maximum atomic E-state index is 10.7. The van der Waals surface area contributed by atoms with Crippen LogP contribution in [-0.2, 0) is 4.79 Å². The molecule has 2 atom stereocenters. The van der Waals surface area contributed by atoms with Crippen molar-refractivity contribution in [2.75, 3.05) is 13.6 Å². The molecule has 0 aliphatic carbocycles. The van der Waals surface area contributed by atoms with Crippen molar-refractivity contribution in [1.82, 2.24) is 10.2 Å². The summed E-state index contributed by atoms with van der Waals surface area (Å²) < 4.78 is 0. The second kappa shape index (κ2) is 3.22. The largest absolute Gasteiger partial charge is 0.352 e. The number of carbonyl (C=O) groups is 1. The van der Waals surface area contributed by atoms with Gasteiger partial charge in [0.15, 0.2) is 0 Å². The van der Waals surface area contributed by atoms with Crippen LogP contribution >= 0.6 is 0 Å². The predicted octanol–water partition coefficient (Wildman–Crippen LogP) is 0.215. The first-order chi connectivity index (χ1) is 5.09. The minimum Gasteiger partial charge on any atom is -0.352 e. The molecule has 1 aliphatic heterocycles. The van der Waals surface area contributed by atoms with Gasteiger partial charge in [-0.15, -0.1) is 0 Å². The number of nitrogens with zero attached hydrogens (tertiary/aromatic N) is 1. The van der Waals surface area contributed by atoms with Crippen LogP contribution in [0.2, 0.25) is 0 Å². The molecule has 1 saturated heterocycles. The minimum absolute atomic E-state index is 0.0810. The molecule has 3 nitrogen and oxygen atoms in total. The first-order valence-corrected chi connectivity index (χ1v) is 4.07. The van der Waals surface area contributed by atoms with Crippen LogP contribution < -0.4 is 5.32 Å². The molecule has 1 N–H and O–H groups in total. The van der Waals surface area contributed by atoms with E-state index in [9.17, 15) is 4.79 Å². The van der Waals surface area contributed by atoms with E-state index in [0.717, 1.165) is 13.0 Å². The molecule has 1 aliphatic rings. The van der Waals surface area contributed by atoms with Crippen molar-refractivity contribution in [3.05, 3.63) is 0 Å². The molecule has 2 unspecified atom stereocenters. The van der Waals surface area contributed by atoms with Gasteiger partial charge in [-0.3, -0.25) is 4.79 Å². The summed E-state index contributed by atoms with van der Waals surface area (Å²) in [6, 6.07) is 0.972. The highest BCUT2D eigenvalue weighted by Crippen LogP contribution is 2.14. The lowest BCUT2D eigenvalue weighted by Gasteiger charge is -2.12. The van der Waals surface area contributed by atoms with Crippen LogP contribution in [0.15, 0.2) is 0 Å². The summed E-state index contributed by atoms with van der Waals surface area (Å²) in [6.07, 6.45) is 1.08. The molecular formula is C8H16N2O. The maximum Gasteiger partial charge on any atom is 0.217 e. The van der Waals surface area contributed by atoms with Gasteiger partial charge in [-0.1, -0.05) is 0 Å². The highest BCUT2D eigenvalue weighted by Gasteiger charge is 2.25. The highest BCUT2D eigenvalue weighted by atomic mass is 16.1. The Morgan fingerprint density at radius 1 is 1.64 bits per heavy atom. The number of hydrogen-bond acceptors (Lipinski definition) is 2. The Morgan fingerprint density at radius 3 is 2.64 bits per heavy atom. The molecule has 0 radical (unpaired) electrons. The fourth-order valence-corrected chi connectivity index (χ4v) is 1.59. The van der Waals surface area contributed by atoms with E-state index in [1.54, 1.807) is 6.92 Å². The third kappa shape index (κ3) is 2.19. The Bertz CT molecular complexity index is 148. The normalized spacial score (nSPS) is 32.3. The van der Waals surface area contributed by atoms with Crippen LogP contribution in [0.1, 0.15) is 20.3 Å². The van der Waals surface area contributed by atoms with E-state index in [-0.39, 0.29) is 5.91 Å². The summed E-state index contributed by atoms with van der Waals surface area (Å²) in [7, 11) is 2.09. The summed E-state index contributed by atoms with van der Waals surface area (Å²) in [5.41, 5.74) is 0. The lowest BCUT2D eigenvalue weighted by atomic mass is 10.2. The van der Waals surface area contributed by atoms with Gasteiger partial charge in [0.25, 0.3) is 0 Å². The Labute approximate surface area is 67.8 Å². The van der Waals surface area contributed by atoms with Crippen molar-refractivity contribution in [2.24, 2.45) is 0 Å². The smallest absolute Gasteiger partial charge is 0.217 e. The second-order valence-electron chi connectivity index (χ2n) is 3.42. The van der Waals surface area contributed by atoms with E-state index in [1.807, 2.05) is 0 Å². The fraction of sp³-hybridized carbons (Fsp3) is 0.875. The third-order valence-corrected chi connectivity index (χ3v) is 2.29. The van der Waals surface area contributed by atoms with Crippen molar-refractivity contribution in [3.8, 4) is 0 Å². The van der Waals surface area contributed by atoms with Crippen molar-refractivity contribution in [3.63, 3.8) is 0 Å². The molecular weight excluding hydrogens is 140 g/mol. The third-order valence-electron chi connectivity index (χ3n) is 2.29. The highest BCUT2D eigenvalue weighted by molar-refractivity contribution is 5.73. The molecule has 11 heavy (non-hydrogen) atoms. The van der Waals surface area contributed by atoms with Gasteiger partial charge < -0.3 is 10.2 Å². The number of likely N-dealkylation sites (N-methyl/N-ethyl adjacent to an activating group) is 1. The average Bonchev–Trinajstić information content (AvgIpc) is 2.10. The van der Waals surface area contributed by atoms with E-state index in [2.05, 4.69) is 24.2 Å². The number of nitrogens with one attached hydrogen (secondary N) is 1. The molecule has 0 aromatic rings. The molecule has 1 rings (SSSR count). The topological polar surface area (TPSA) is 32.3 Å². The number of rotatable bonds is 1. The van der Waals surface area contributed by atoms with Crippen LogP contribution in [0.5, 0.6) is 0 Å². The van der Waals surface area contributed by atoms with E-state index < -0.39 is 0 Å². The molecule has 0 bridgehead atoms. The number of hydrogen-bond donors (Lipinski definition) is 1. The van der Waals surface area contributed by atoms with Crippen LogP contribution in [0.4, 0.5) is 0 Å². The molecule has 3 heteroatoms.